The zero-order chi connectivity index (χ0) is 10.9. The number of rotatable bonds is 9. The first-order valence-electron chi connectivity index (χ1n) is 5.82. The molecule has 0 atom stereocenters. The Balaban J connectivity index is 1.74. The Kier molecular flexibility index (Phi) is 6.36. The zero-order valence-electron chi connectivity index (χ0n) is 9.55. The molecule has 0 aromatic carbocycles. The molecule has 0 unspecified atom stereocenters. The van der Waals surface area contributed by atoms with Crippen molar-refractivity contribution in [3.63, 3.8) is 0 Å². The molecule has 0 heterocycles. The van der Waals surface area contributed by atoms with Crippen LogP contribution in [0.3, 0.4) is 0 Å². The van der Waals surface area contributed by atoms with E-state index in [0.29, 0.717) is 5.92 Å². The van der Waals surface area contributed by atoms with Gasteiger partial charge in [0.15, 0.2) is 0 Å². The fraction of sp³-hybridized carbons (Fsp3) is 0.909. The number of methoxy groups -OCH3 is 1. The molecule has 0 aliphatic heterocycles. The highest BCUT2D eigenvalue weighted by Crippen LogP contribution is 2.28. The molecule has 88 valence electrons. The Bertz CT molecular complexity index is 181. The van der Waals surface area contributed by atoms with E-state index in [1.54, 1.807) is 7.11 Å². The Labute approximate surface area is 91.8 Å². The van der Waals surface area contributed by atoms with Crippen LogP contribution in [0.4, 0.5) is 0 Å². The van der Waals surface area contributed by atoms with Crippen LogP contribution in [0.2, 0.25) is 0 Å². The second kappa shape index (κ2) is 7.65. The Morgan fingerprint density at radius 2 is 2.07 bits per heavy atom. The van der Waals surface area contributed by atoms with E-state index in [1.807, 2.05) is 0 Å². The lowest BCUT2D eigenvalue weighted by molar-refractivity contribution is -0.122. The summed E-state index contributed by atoms with van der Waals surface area (Å²) < 4.78 is 4.95. The largest absolute Gasteiger partial charge is 0.385 e. The zero-order valence-corrected chi connectivity index (χ0v) is 9.55. The van der Waals surface area contributed by atoms with Crippen molar-refractivity contribution in [2.24, 2.45) is 5.92 Å². The van der Waals surface area contributed by atoms with Crippen LogP contribution in [0.15, 0.2) is 0 Å². The van der Waals surface area contributed by atoms with E-state index in [9.17, 15) is 4.79 Å². The molecule has 0 saturated heterocycles. The number of hydrogen-bond donors (Lipinski definition) is 2. The van der Waals surface area contributed by atoms with Crippen molar-refractivity contribution in [1.82, 2.24) is 10.6 Å². The van der Waals surface area contributed by atoms with Gasteiger partial charge in [-0.05, 0) is 32.2 Å². The second-order valence-corrected chi connectivity index (χ2v) is 4.02. The lowest BCUT2D eigenvalue weighted by Gasteiger charge is -2.06. The van der Waals surface area contributed by atoms with Gasteiger partial charge in [0, 0.05) is 32.7 Å². The van der Waals surface area contributed by atoms with Crippen molar-refractivity contribution in [2.45, 2.75) is 25.7 Å². The average molecular weight is 214 g/mol. The number of hydrogen-bond acceptors (Lipinski definition) is 3. The molecule has 0 spiro atoms. The third-order valence-electron chi connectivity index (χ3n) is 2.50. The van der Waals surface area contributed by atoms with E-state index in [1.165, 1.54) is 0 Å². The molecule has 0 bridgehead atoms. The predicted octanol–water partition coefficient (Wildman–Crippen LogP) is 0.529. The van der Waals surface area contributed by atoms with Crippen LogP contribution in [0, 0.1) is 5.92 Å². The van der Waals surface area contributed by atoms with E-state index in [-0.39, 0.29) is 5.91 Å². The van der Waals surface area contributed by atoms with Crippen molar-refractivity contribution in [1.29, 1.82) is 0 Å². The smallest absolute Gasteiger partial charge is 0.223 e. The van der Waals surface area contributed by atoms with Gasteiger partial charge >= 0.3 is 0 Å². The summed E-state index contributed by atoms with van der Waals surface area (Å²) in [6.07, 6.45) is 4.38. The van der Waals surface area contributed by atoms with Gasteiger partial charge in [0.05, 0.1) is 0 Å². The van der Waals surface area contributed by atoms with Crippen molar-refractivity contribution in [3.8, 4) is 0 Å². The Hall–Kier alpha value is -0.610. The number of carbonyl (C=O) groups excluding carboxylic acids is 1. The van der Waals surface area contributed by atoms with E-state index >= 15 is 0 Å². The van der Waals surface area contributed by atoms with Gasteiger partial charge in [-0.2, -0.15) is 0 Å². The Morgan fingerprint density at radius 3 is 2.73 bits per heavy atom. The van der Waals surface area contributed by atoms with Gasteiger partial charge in [-0.1, -0.05) is 0 Å². The first-order chi connectivity index (χ1) is 7.34. The molecular weight excluding hydrogens is 192 g/mol. The summed E-state index contributed by atoms with van der Waals surface area (Å²) in [5.74, 6) is 0.558. The molecule has 1 fully saturated rings. The van der Waals surface area contributed by atoms with Crippen LogP contribution >= 0.6 is 0 Å². The molecule has 1 aliphatic rings. The van der Waals surface area contributed by atoms with Crippen LogP contribution in [-0.2, 0) is 9.53 Å². The summed E-state index contributed by atoms with van der Waals surface area (Å²) >= 11 is 0. The highest BCUT2D eigenvalue weighted by atomic mass is 16.5. The molecule has 0 aromatic heterocycles. The fourth-order valence-corrected chi connectivity index (χ4v) is 1.39. The van der Waals surface area contributed by atoms with Crippen molar-refractivity contribution in [3.05, 3.63) is 0 Å². The molecule has 4 heteroatoms. The number of ether oxygens (including phenoxy) is 1. The van der Waals surface area contributed by atoms with E-state index in [2.05, 4.69) is 10.6 Å². The standard InChI is InChI=1S/C11H22N2O2/c1-15-9-3-2-6-12-7-8-13-11(14)10-4-5-10/h10,12H,2-9H2,1H3,(H,13,14). The van der Waals surface area contributed by atoms with Crippen LogP contribution in [-0.4, -0.2) is 39.3 Å². The van der Waals surface area contributed by atoms with Crippen LogP contribution in [0.1, 0.15) is 25.7 Å². The second-order valence-electron chi connectivity index (χ2n) is 4.02. The van der Waals surface area contributed by atoms with Gasteiger partial charge in [0.25, 0.3) is 0 Å². The third kappa shape index (κ3) is 6.47. The third-order valence-corrected chi connectivity index (χ3v) is 2.50. The molecule has 1 saturated carbocycles. The maximum Gasteiger partial charge on any atom is 0.223 e. The SMILES string of the molecule is COCCCCNCCNC(=O)C1CC1. The summed E-state index contributed by atoms with van der Waals surface area (Å²) in [5, 5.41) is 6.21. The van der Waals surface area contributed by atoms with Crippen molar-refractivity contribution in [2.75, 3.05) is 33.4 Å². The molecule has 1 rings (SSSR count). The summed E-state index contributed by atoms with van der Waals surface area (Å²) in [6.45, 7) is 3.45. The van der Waals surface area contributed by atoms with E-state index in [4.69, 9.17) is 4.74 Å². The minimum absolute atomic E-state index is 0.233. The number of amides is 1. The molecule has 0 radical (unpaired) electrons. The monoisotopic (exact) mass is 214 g/mol. The fourth-order valence-electron chi connectivity index (χ4n) is 1.39. The summed E-state index contributed by atoms with van der Waals surface area (Å²) in [4.78, 5) is 11.2. The average Bonchev–Trinajstić information content (AvgIpc) is 3.05. The number of unbranched alkanes of at least 4 members (excludes halogenated alkanes) is 1. The Morgan fingerprint density at radius 1 is 1.27 bits per heavy atom. The van der Waals surface area contributed by atoms with Gasteiger partial charge in [-0.15, -0.1) is 0 Å². The molecule has 4 nitrogen and oxygen atoms in total. The van der Waals surface area contributed by atoms with Crippen LogP contribution in [0.25, 0.3) is 0 Å². The van der Waals surface area contributed by atoms with Crippen LogP contribution in [0.5, 0.6) is 0 Å². The minimum Gasteiger partial charge on any atom is -0.385 e. The lowest BCUT2D eigenvalue weighted by atomic mass is 10.3. The lowest BCUT2D eigenvalue weighted by Crippen LogP contribution is -2.33. The number of carbonyl (C=O) groups is 1. The summed E-state index contributed by atoms with van der Waals surface area (Å²) in [6, 6.07) is 0. The first kappa shape index (κ1) is 12.5. The topological polar surface area (TPSA) is 50.4 Å². The predicted molar refractivity (Wildman–Crippen MR) is 59.7 cm³/mol. The minimum atomic E-state index is 0.233. The summed E-state index contributed by atoms with van der Waals surface area (Å²) in [5.41, 5.74) is 0. The van der Waals surface area contributed by atoms with Gasteiger partial charge in [0.2, 0.25) is 5.91 Å². The van der Waals surface area contributed by atoms with Crippen molar-refractivity contribution < 1.29 is 9.53 Å². The molecule has 1 aliphatic carbocycles. The highest BCUT2D eigenvalue weighted by molar-refractivity contribution is 5.80. The van der Waals surface area contributed by atoms with E-state index in [0.717, 1.165) is 51.9 Å². The first-order valence-corrected chi connectivity index (χ1v) is 5.82. The quantitative estimate of drug-likeness (QED) is 0.550. The van der Waals surface area contributed by atoms with Gasteiger partial charge in [-0.25, -0.2) is 0 Å². The van der Waals surface area contributed by atoms with Crippen LogP contribution < -0.4 is 10.6 Å². The highest BCUT2D eigenvalue weighted by Gasteiger charge is 2.28. The molecular formula is C11H22N2O2. The van der Waals surface area contributed by atoms with E-state index < -0.39 is 0 Å². The molecule has 0 aromatic rings. The van der Waals surface area contributed by atoms with Gasteiger partial charge in [0.1, 0.15) is 0 Å². The normalized spacial score (nSPS) is 15.3. The van der Waals surface area contributed by atoms with Gasteiger partial charge in [-0.3, -0.25) is 4.79 Å². The molecule has 2 N–H and O–H groups in total. The summed E-state index contributed by atoms with van der Waals surface area (Å²) in [7, 11) is 1.72. The van der Waals surface area contributed by atoms with Crippen molar-refractivity contribution >= 4 is 5.91 Å². The molecule has 15 heavy (non-hydrogen) atoms. The van der Waals surface area contributed by atoms with Gasteiger partial charge < -0.3 is 15.4 Å². The maximum absolute atomic E-state index is 11.2. The number of nitrogens with one attached hydrogen (secondary N) is 2. The maximum atomic E-state index is 11.2. The molecule has 1 amide bonds.